The number of ether oxygens (including phenoxy) is 1. The smallest absolute Gasteiger partial charge is 0.270 e. The normalized spacial score (nSPS) is 15.6. The van der Waals surface area contributed by atoms with Crippen molar-refractivity contribution in [3.63, 3.8) is 0 Å². The number of amides is 2. The lowest BCUT2D eigenvalue weighted by molar-refractivity contribution is -0.384. The molecule has 0 bridgehead atoms. The van der Waals surface area contributed by atoms with Crippen LogP contribution in [-0.4, -0.2) is 58.9 Å². The van der Waals surface area contributed by atoms with Gasteiger partial charge in [0, 0.05) is 37.4 Å². The number of nitrogens with zero attached hydrogens (tertiary/aromatic N) is 3. The van der Waals surface area contributed by atoms with Crippen molar-refractivity contribution in [1.29, 1.82) is 0 Å². The van der Waals surface area contributed by atoms with E-state index in [0.717, 1.165) is 12.8 Å². The molecular weight excluding hydrogens is 402 g/mol. The van der Waals surface area contributed by atoms with Gasteiger partial charge >= 0.3 is 0 Å². The molecule has 0 N–H and O–H groups in total. The van der Waals surface area contributed by atoms with Crippen molar-refractivity contribution in [2.45, 2.75) is 38.8 Å². The summed E-state index contributed by atoms with van der Waals surface area (Å²) in [7, 11) is 0. The second kappa shape index (κ2) is 10.7. The second-order valence-corrected chi connectivity index (χ2v) is 7.52. The van der Waals surface area contributed by atoms with Gasteiger partial charge in [0.25, 0.3) is 11.6 Å². The molecule has 1 fully saturated rings. The van der Waals surface area contributed by atoms with Gasteiger partial charge in [-0.15, -0.1) is 0 Å². The molecule has 9 nitrogen and oxygen atoms in total. The summed E-state index contributed by atoms with van der Waals surface area (Å²) < 4.78 is 11.1. The number of hydrogen-bond donors (Lipinski definition) is 0. The Morgan fingerprint density at radius 2 is 2.06 bits per heavy atom. The Labute approximate surface area is 180 Å². The molecule has 31 heavy (non-hydrogen) atoms. The van der Waals surface area contributed by atoms with Gasteiger partial charge in [0.05, 0.1) is 23.8 Å². The van der Waals surface area contributed by atoms with Gasteiger partial charge in [0.15, 0.2) is 0 Å². The van der Waals surface area contributed by atoms with E-state index in [1.807, 2.05) is 6.92 Å². The van der Waals surface area contributed by atoms with Crippen LogP contribution in [-0.2, 0) is 16.1 Å². The zero-order valence-electron chi connectivity index (χ0n) is 17.6. The number of carbonyl (C=O) groups is 2. The molecule has 2 heterocycles. The van der Waals surface area contributed by atoms with Gasteiger partial charge in [-0.3, -0.25) is 19.7 Å². The average molecular weight is 429 g/mol. The van der Waals surface area contributed by atoms with E-state index in [4.69, 9.17) is 9.15 Å². The van der Waals surface area contributed by atoms with Crippen molar-refractivity contribution in [1.82, 2.24) is 9.80 Å². The molecular formula is C22H27N3O6. The van der Waals surface area contributed by atoms with Crippen LogP contribution in [0.3, 0.4) is 0 Å². The van der Waals surface area contributed by atoms with Gasteiger partial charge < -0.3 is 19.0 Å². The van der Waals surface area contributed by atoms with Crippen molar-refractivity contribution in [2.24, 2.45) is 0 Å². The number of nitro benzene ring substituents is 1. The maximum absolute atomic E-state index is 13.2. The summed E-state index contributed by atoms with van der Waals surface area (Å²) in [4.78, 5) is 39.8. The fourth-order valence-electron chi connectivity index (χ4n) is 3.60. The molecule has 166 valence electrons. The molecule has 0 saturated carbocycles. The summed E-state index contributed by atoms with van der Waals surface area (Å²) in [5.74, 6) is 0.0199. The van der Waals surface area contributed by atoms with Crippen LogP contribution in [0.4, 0.5) is 5.69 Å². The molecule has 1 aromatic carbocycles. The molecule has 1 saturated heterocycles. The van der Waals surface area contributed by atoms with Crippen molar-refractivity contribution in [3.8, 4) is 0 Å². The Morgan fingerprint density at radius 3 is 2.71 bits per heavy atom. The zero-order chi connectivity index (χ0) is 22.2. The number of carbonyl (C=O) groups excluding carboxylic acids is 2. The van der Waals surface area contributed by atoms with E-state index >= 15 is 0 Å². The van der Waals surface area contributed by atoms with Gasteiger partial charge in [-0.05, 0) is 37.5 Å². The predicted octanol–water partition coefficient (Wildman–Crippen LogP) is 3.25. The van der Waals surface area contributed by atoms with Crippen LogP contribution in [0.5, 0.6) is 0 Å². The third-order valence-corrected chi connectivity index (χ3v) is 5.14. The van der Waals surface area contributed by atoms with E-state index < -0.39 is 10.8 Å². The van der Waals surface area contributed by atoms with Crippen LogP contribution in [0.25, 0.3) is 0 Å². The lowest BCUT2D eigenvalue weighted by atomic mass is 10.1. The van der Waals surface area contributed by atoms with E-state index in [1.54, 1.807) is 23.3 Å². The van der Waals surface area contributed by atoms with E-state index in [9.17, 15) is 19.7 Å². The standard InChI is InChI=1S/C22H27N3O6/c1-2-10-23(22(27)17-6-3-7-18(13-17)25(28)29)16-21(26)24(14-19-8-4-11-30-19)15-20-9-5-12-31-20/h3-4,6-8,11,13,20H,2,5,9-10,12,14-16H2,1H3. The van der Waals surface area contributed by atoms with Crippen LogP contribution >= 0.6 is 0 Å². The van der Waals surface area contributed by atoms with E-state index in [0.29, 0.717) is 31.9 Å². The van der Waals surface area contributed by atoms with Crippen molar-refractivity contribution in [3.05, 3.63) is 64.1 Å². The fourth-order valence-corrected chi connectivity index (χ4v) is 3.60. The number of nitro groups is 1. The highest BCUT2D eigenvalue weighted by Crippen LogP contribution is 2.18. The molecule has 1 aliphatic rings. The average Bonchev–Trinajstić information content (AvgIpc) is 3.47. The van der Waals surface area contributed by atoms with E-state index in [2.05, 4.69) is 0 Å². The van der Waals surface area contributed by atoms with Crippen LogP contribution < -0.4 is 0 Å². The van der Waals surface area contributed by atoms with E-state index in [-0.39, 0.29) is 36.4 Å². The third-order valence-electron chi connectivity index (χ3n) is 5.14. The number of non-ortho nitro benzene ring substituents is 1. The third kappa shape index (κ3) is 6.14. The van der Waals surface area contributed by atoms with Crippen molar-refractivity contribution >= 4 is 17.5 Å². The first-order valence-electron chi connectivity index (χ1n) is 10.4. The van der Waals surface area contributed by atoms with Gasteiger partial charge in [0.1, 0.15) is 12.3 Å². The SMILES string of the molecule is CCCN(CC(=O)N(Cc1ccco1)CC1CCCO1)C(=O)c1cccc([N+](=O)[O-])c1. The Bertz CT molecular complexity index is 892. The molecule has 2 aromatic rings. The lowest BCUT2D eigenvalue weighted by Crippen LogP contribution is -2.45. The maximum atomic E-state index is 13.2. The first kappa shape index (κ1) is 22.5. The molecule has 3 rings (SSSR count). The zero-order valence-corrected chi connectivity index (χ0v) is 17.6. The van der Waals surface area contributed by atoms with Crippen LogP contribution in [0.15, 0.2) is 47.1 Å². The number of rotatable bonds is 10. The first-order valence-corrected chi connectivity index (χ1v) is 10.4. The number of furan rings is 1. The Hall–Kier alpha value is -3.20. The predicted molar refractivity (Wildman–Crippen MR) is 112 cm³/mol. The van der Waals surface area contributed by atoms with Crippen LogP contribution in [0, 0.1) is 10.1 Å². The molecule has 1 aliphatic heterocycles. The largest absolute Gasteiger partial charge is 0.467 e. The van der Waals surface area contributed by atoms with Crippen LogP contribution in [0.1, 0.15) is 42.3 Å². The van der Waals surface area contributed by atoms with Gasteiger partial charge in [-0.1, -0.05) is 13.0 Å². The summed E-state index contributed by atoms with van der Waals surface area (Å²) >= 11 is 0. The quantitative estimate of drug-likeness (QED) is 0.424. The van der Waals surface area contributed by atoms with Gasteiger partial charge in [-0.25, -0.2) is 0 Å². The minimum Gasteiger partial charge on any atom is -0.467 e. The van der Waals surface area contributed by atoms with E-state index in [1.165, 1.54) is 29.2 Å². The molecule has 1 atom stereocenters. The molecule has 9 heteroatoms. The molecule has 0 radical (unpaired) electrons. The summed E-state index contributed by atoms with van der Waals surface area (Å²) in [6.07, 6.45) is 4.01. The summed E-state index contributed by atoms with van der Waals surface area (Å²) in [5.41, 5.74) is 0.0265. The highest BCUT2D eigenvalue weighted by molar-refractivity contribution is 5.97. The molecule has 2 amide bonds. The highest BCUT2D eigenvalue weighted by Gasteiger charge is 2.27. The molecule has 0 spiro atoms. The summed E-state index contributed by atoms with van der Waals surface area (Å²) in [6.45, 7) is 3.54. The molecule has 0 aliphatic carbocycles. The highest BCUT2D eigenvalue weighted by atomic mass is 16.6. The maximum Gasteiger partial charge on any atom is 0.270 e. The second-order valence-electron chi connectivity index (χ2n) is 7.52. The topological polar surface area (TPSA) is 106 Å². The summed E-state index contributed by atoms with van der Waals surface area (Å²) in [5, 5.41) is 11.1. The monoisotopic (exact) mass is 429 g/mol. The fraction of sp³-hybridized carbons (Fsp3) is 0.455. The molecule has 1 aromatic heterocycles. The Kier molecular flexibility index (Phi) is 7.77. The minimum absolute atomic E-state index is 0.0361. The first-order chi connectivity index (χ1) is 15.0. The lowest BCUT2D eigenvalue weighted by Gasteiger charge is -2.28. The van der Waals surface area contributed by atoms with Crippen LogP contribution in [0.2, 0.25) is 0 Å². The minimum atomic E-state index is -0.543. The summed E-state index contributed by atoms with van der Waals surface area (Å²) in [6, 6.07) is 9.13. The van der Waals surface area contributed by atoms with Gasteiger partial charge in [0.2, 0.25) is 5.91 Å². The van der Waals surface area contributed by atoms with Gasteiger partial charge in [-0.2, -0.15) is 0 Å². The number of hydrogen-bond acceptors (Lipinski definition) is 6. The molecule has 1 unspecified atom stereocenters. The Morgan fingerprint density at radius 1 is 1.23 bits per heavy atom. The van der Waals surface area contributed by atoms with Crippen molar-refractivity contribution < 1.29 is 23.7 Å². The Balaban J connectivity index is 1.74. The number of benzene rings is 1. The van der Waals surface area contributed by atoms with Crippen molar-refractivity contribution in [2.75, 3.05) is 26.2 Å².